The fourth-order valence-corrected chi connectivity index (χ4v) is 4.57. The molecule has 1 spiro atoms. The molecule has 4 rings (SSSR count). The number of benzene rings is 1. The quantitative estimate of drug-likeness (QED) is 0.738. The summed E-state index contributed by atoms with van der Waals surface area (Å²) in [5.41, 5.74) is 0.816. The number of H-pyrrole nitrogens is 2. The van der Waals surface area contributed by atoms with Gasteiger partial charge in [-0.1, -0.05) is 31.5 Å². The highest BCUT2D eigenvalue weighted by molar-refractivity contribution is 6.07. The number of aryl methyl sites for hydroxylation is 1. The first kappa shape index (κ1) is 17.5. The number of likely N-dealkylation sites (tertiary alicyclic amines) is 1. The first-order valence-corrected chi connectivity index (χ1v) is 9.40. The average Bonchev–Trinajstić information content (AvgIpc) is 3.32. The van der Waals surface area contributed by atoms with Gasteiger partial charge in [-0.15, -0.1) is 0 Å². The molecular weight excluding hydrogens is 346 g/mol. The number of anilines is 1. The summed E-state index contributed by atoms with van der Waals surface area (Å²) < 4.78 is 0. The van der Waals surface area contributed by atoms with E-state index in [1.165, 1.54) is 0 Å². The molecule has 2 amide bonds. The van der Waals surface area contributed by atoms with Gasteiger partial charge in [0.2, 0.25) is 11.8 Å². The lowest BCUT2D eigenvalue weighted by molar-refractivity contribution is -0.133. The van der Waals surface area contributed by atoms with Crippen molar-refractivity contribution in [2.75, 3.05) is 11.9 Å². The molecule has 1 aromatic carbocycles. The summed E-state index contributed by atoms with van der Waals surface area (Å²) in [6.07, 6.45) is 2.90. The lowest BCUT2D eigenvalue weighted by atomic mass is 9.73. The molecule has 2 atom stereocenters. The standard InChI is InChI=1S/C19H23N5O3/c1-2-5-14-19(12-6-3-4-7-13(12)20-17(19)26)10-11-24(14)16(25)9-8-15-21-18(27)23-22-15/h3-4,6-7,14H,2,5,8-11H2,1H3,(H,20,26)(H2,21,22,23,27)/t14-,19-/m0/s1. The van der Waals surface area contributed by atoms with Crippen molar-refractivity contribution in [3.05, 3.63) is 46.1 Å². The van der Waals surface area contributed by atoms with Crippen LogP contribution >= 0.6 is 0 Å². The molecule has 0 aliphatic carbocycles. The van der Waals surface area contributed by atoms with Gasteiger partial charge in [0.15, 0.2) is 0 Å². The normalized spacial score (nSPS) is 23.7. The van der Waals surface area contributed by atoms with E-state index in [-0.39, 0.29) is 30.0 Å². The second-order valence-corrected chi connectivity index (χ2v) is 7.24. The minimum atomic E-state index is -0.664. The van der Waals surface area contributed by atoms with E-state index in [9.17, 15) is 14.4 Å². The third-order valence-electron chi connectivity index (χ3n) is 5.76. The SMILES string of the molecule is CCC[C@@H]1N(C(=O)CCc2n[nH]c(=O)[nH]2)CC[C@@]12C(=O)Nc1ccccc12. The first-order chi connectivity index (χ1) is 13.1. The van der Waals surface area contributed by atoms with Crippen LogP contribution in [0.1, 0.15) is 44.0 Å². The largest absolute Gasteiger partial charge is 0.340 e. The molecule has 1 saturated heterocycles. The number of para-hydroxylation sites is 1. The minimum absolute atomic E-state index is 0.00548. The molecular formula is C19H23N5O3. The van der Waals surface area contributed by atoms with Gasteiger partial charge in [-0.2, -0.15) is 5.10 Å². The minimum Gasteiger partial charge on any atom is -0.338 e. The summed E-state index contributed by atoms with van der Waals surface area (Å²) in [5, 5.41) is 9.17. The van der Waals surface area contributed by atoms with Crippen LogP contribution in [-0.2, 0) is 21.4 Å². The van der Waals surface area contributed by atoms with E-state index in [4.69, 9.17) is 0 Å². The highest BCUT2D eigenvalue weighted by atomic mass is 16.2. The first-order valence-electron chi connectivity index (χ1n) is 9.40. The predicted octanol–water partition coefficient (Wildman–Crippen LogP) is 1.32. The van der Waals surface area contributed by atoms with Crippen molar-refractivity contribution >= 4 is 17.5 Å². The van der Waals surface area contributed by atoms with Gasteiger partial charge in [0.25, 0.3) is 0 Å². The fraction of sp³-hybridized carbons (Fsp3) is 0.474. The number of fused-ring (bicyclic) bond motifs is 2. The van der Waals surface area contributed by atoms with E-state index in [0.29, 0.717) is 25.2 Å². The molecule has 1 aromatic heterocycles. The van der Waals surface area contributed by atoms with Gasteiger partial charge in [0.1, 0.15) is 5.82 Å². The Kier molecular flexibility index (Phi) is 4.33. The van der Waals surface area contributed by atoms with Crippen molar-refractivity contribution in [3.63, 3.8) is 0 Å². The van der Waals surface area contributed by atoms with E-state index in [1.807, 2.05) is 29.2 Å². The average molecular weight is 369 g/mol. The topological polar surface area (TPSA) is 111 Å². The van der Waals surface area contributed by atoms with Crippen molar-refractivity contribution in [2.45, 2.75) is 50.5 Å². The Labute approximate surface area is 156 Å². The Morgan fingerprint density at radius 1 is 1.33 bits per heavy atom. The van der Waals surface area contributed by atoms with Crippen LogP contribution in [0.25, 0.3) is 0 Å². The molecule has 8 heteroatoms. The highest BCUT2D eigenvalue weighted by Crippen LogP contribution is 2.49. The van der Waals surface area contributed by atoms with Crippen LogP contribution in [0.15, 0.2) is 29.1 Å². The van der Waals surface area contributed by atoms with Gasteiger partial charge < -0.3 is 10.2 Å². The molecule has 0 bridgehead atoms. The van der Waals surface area contributed by atoms with Crippen molar-refractivity contribution < 1.29 is 9.59 Å². The smallest absolute Gasteiger partial charge is 0.338 e. The van der Waals surface area contributed by atoms with Crippen LogP contribution in [0.2, 0.25) is 0 Å². The van der Waals surface area contributed by atoms with Crippen LogP contribution in [0.5, 0.6) is 0 Å². The van der Waals surface area contributed by atoms with Crippen LogP contribution in [0, 0.1) is 0 Å². The maximum atomic E-state index is 13.0. The van der Waals surface area contributed by atoms with Gasteiger partial charge in [-0.25, -0.2) is 9.89 Å². The maximum Gasteiger partial charge on any atom is 0.340 e. The van der Waals surface area contributed by atoms with Crippen molar-refractivity contribution in [1.29, 1.82) is 0 Å². The summed E-state index contributed by atoms with van der Waals surface area (Å²) in [7, 11) is 0. The number of carbonyl (C=O) groups excluding carboxylic acids is 2. The van der Waals surface area contributed by atoms with Gasteiger partial charge in [0.05, 0.1) is 11.5 Å². The Bertz CT molecular complexity index is 933. The predicted molar refractivity (Wildman–Crippen MR) is 99.3 cm³/mol. The second kappa shape index (κ2) is 6.68. The van der Waals surface area contributed by atoms with Crippen LogP contribution in [-0.4, -0.2) is 44.5 Å². The molecule has 0 radical (unpaired) electrons. The summed E-state index contributed by atoms with van der Waals surface area (Å²) >= 11 is 0. The number of nitrogens with one attached hydrogen (secondary N) is 3. The zero-order valence-electron chi connectivity index (χ0n) is 15.2. The van der Waals surface area contributed by atoms with Crippen LogP contribution in [0.3, 0.4) is 0 Å². The number of nitrogens with zero attached hydrogens (tertiary/aromatic N) is 2. The van der Waals surface area contributed by atoms with Crippen molar-refractivity contribution in [3.8, 4) is 0 Å². The monoisotopic (exact) mass is 369 g/mol. The van der Waals surface area contributed by atoms with E-state index in [0.717, 1.165) is 24.1 Å². The van der Waals surface area contributed by atoms with Gasteiger partial charge in [-0.05, 0) is 24.5 Å². The van der Waals surface area contributed by atoms with Gasteiger partial charge >= 0.3 is 5.69 Å². The zero-order chi connectivity index (χ0) is 19.0. The highest BCUT2D eigenvalue weighted by Gasteiger charge is 2.58. The molecule has 8 nitrogen and oxygen atoms in total. The number of hydrogen-bond acceptors (Lipinski definition) is 4. The lowest BCUT2D eigenvalue weighted by Gasteiger charge is -2.34. The van der Waals surface area contributed by atoms with E-state index in [2.05, 4.69) is 27.4 Å². The third kappa shape index (κ3) is 2.75. The Balaban J connectivity index is 1.59. The molecule has 2 aromatic rings. The van der Waals surface area contributed by atoms with E-state index in [1.54, 1.807) is 0 Å². The summed E-state index contributed by atoms with van der Waals surface area (Å²) in [6, 6.07) is 7.62. The van der Waals surface area contributed by atoms with E-state index < -0.39 is 5.41 Å². The van der Waals surface area contributed by atoms with E-state index >= 15 is 0 Å². The molecule has 3 heterocycles. The van der Waals surface area contributed by atoms with Gasteiger partial charge in [0, 0.05) is 25.1 Å². The number of aromatic amines is 2. The lowest BCUT2D eigenvalue weighted by Crippen LogP contribution is -2.48. The number of hydrogen-bond donors (Lipinski definition) is 3. The summed E-state index contributed by atoms with van der Waals surface area (Å²) in [6.45, 7) is 2.63. The van der Waals surface area contributed by atoms with Crippen LogP contribution in [0.4, 0.5) is 5.69 Å². The molecule has 0 saturated carbocycles. The molecule has 0 unspecified atom stereocenters. The third-order valence-corrected chi connectivity index (χ3v) is 5.76. The number of carbonyl (C=O) groups is 2. The fourth-order valence-electron chi connectivity index (χ4n) is 4.57. The Hall–Kier alpha value is -2.90. The Morgan fingerprint density at radius 3 is 2.89 bits per heavy atom. The molecule has 2 aliphatic heterocycles. The summed E-state index contributed by atoms with van der Waals surface area (Å²) in [4.78, 5) is 41.5. The number of aromatic nitrogens is 3. The number of amides is 2. The second-order valence-electron chi connectivity index (χ2n) is 7.24. The molecule has 142 valence electrons. The molecule has 1 fully saturated rings. The number of rotatable bonds is 5. The maximum absolute atomic E-state index is 13.0. The van der Waals surface area contributed by atoms with Crippen molar-refractivity contribution in [2.24, 2.45) is 0 Å². The molecule has 27 heavy (non-hydrogen) atoms. The van der Waals surface area contributed by atoms with Crippen LogP contribution < -0.4 is 11.0 Å². The van der Waals surface area contributed by atoms with Crippen molar-refractivity contribution in [1.82, 2.24) is 20.1 Å². The summed E-state index contributed by atoms with van der Waals surface area (Å²) in [5.74, 6) is 0.457. The Morgan fingerprint density at radius 2 is 2.15 bits per heavy atom. The molecule has 2 aliphatic rings. The zero-order valence-corrected chi connectivity index (χ0v) is 15.2. The van der Waals surface area contributed by atoms with Gasteiger partial charge in [-0.3, -0.25) is 14.6 Å². The molecule has 3 N–H and O–H groups in total.